The predicted octanol–water partition coefficient (Wildman–Crippen LogP) is 2.21. The number of hydrogen-bond donors (Lipinski definition) is 1. The Hall–Kier alpha value is -0.420. The molecule has 8 aliphatic heterocycles. The minimum Gasteiger partial charge on any atom is -1.00 e. The molecule has 0 aromatic heterocycles. The number of carbonyl (C=O) groups is 2. The second-order valence-electron chi connectivity index (χ2n) is 16.1. The van der Waals surface area contributed by atoms with Gasteiger partial charge in [-0.15, -0.1) is 0 Å². The summed E-state index contributed by atoms with van der Waals surface area (Å²) in [4.78, 5) is 46.8. The van der Waals surface area contributed by atoms with Gasteiger partial charge in [0, 0.05) is 37.7 Å². The van der Waals surface area contributed by atoms with Gasteiger partial charge in [0.25, 0.3) is 0 Å². The maximum Gasteiger partial charge on any atom is 1.00 e. The van der Waals surface area contributed by atoms with Crippen molar-refractivity contribution in [2.75, 3.05) is 13.7 Å². The third-order valence-electron chi connectivity index (χ3n) is 13.3. The molecule has 8 saturated heterocycles. The number of carboxylic acid groups (broad SMARTS) is 1. The Labute approximate surface area is 312 Å². The summed E-state index contributed by atoms with van der Waals surface area (Å²) < 4.78 is 35.4. The average Bonchev–Trinajstić information content (AvgIpc) is 3.42. The van der Waals surface area contributed by atoms with Crippen LogP contribution in [0.5, 0.6) is 0 Å². The molecule has 13 nitrogen and oxygen atoms in total. The first-order valence-electron chi connectivity index (χ1n) is 18.1. The van der Waals surface area contributed by atoms with Crippen molar-refractivity contribution in [3.05, 3.63) is 0 Å². The van der Waals surface area contributed by atoms with Gasteiger partial charge in [-0.3, -0.25) is 4.79 Å². The topological polar surface area (TPSA) is 147 Å². The quantitative estimate of drug-likeness (QED) is 0.254. The molecule has 2 aliphatic carbocycles. The SMILES string of the molecule is CO[C@H]1O[C@@H]2O[C@]3(C)CC[C@H]4[C@H](C)CC[C@@H]([C@H]1C)C24OO3.C[C@H]1[C@H](C(=O)OCCC(=O)O)O[C@@H]2O[C@]3(C)CC[C@H]4[C@H](C)CC[C@@H]1C24OO3.[H-].[Na+]. The third-order valence-corrected chi connectivity index (χ3v) is 13.3. The number of esters is 1. The van der Waals surface area contributed by atoms with Crippen LogP contribution in [-0.4, -0.2) is 78.5 Å². The van der Waals surface area contributed by atoms with Crippen LogP contribution in [0, 0.1) is 47.3 Å². The van der Waals surface area contributed by atoms with Crippen LogP contribution in [0.2, 0.25) is 0 Å². The van der Waals surface area contributed by atoms with Gasteiger partial charge in [0.15, 0.2) is 36.2 Å². The Morgan fingerprint density at radius 1 is 0.735 bits per heavy atom. The first kappa shape index (κ1) is 38.3. The number of fused-ring (bicyclic) bond motifs is 4. The summed E-state index contributed by atoms with van der Waals surface area (Å²) in [6.45, 7) is 12.3. The molecule has 4 bridgehead atoms. The van der Waals surface area contributed by atoms with E-state index in [0.717, 1.165) is 38.5 Å². The van der Waals surface area contributed by atoms with E-state index < -0.39 is 53.4 Å². The normalized spacial score (nSPS) is 52.1. The van der Waals surface area contributed by atoms with Crippen molar-refractivity contribution < 1.29 is 93.7 Å². The molecule has 274 valence electrons. The second kappa shape index (κ2) is 14.1. The van der Waals surface area contributed by atoms with E-state index >= 15 is 0 Å². The van der Waals surface area contributed by atoms with E-state index in [-0.39, 0.29) is 74.0 Å². The summed E-state index contributed by atoms with van der Waals surface area (Å²) in [5, 5.41) is 8.74. The van der Waals surface area contributed by atoms with E-state index in [1.165, 1.54) is 6.42 Å². The van der Waals surface area contributed by atoms with Crippen molar-refractivity contribution in [2.45, 2.75) is 147 Å². The van der Waals surface area contributed by atoms with E-state index in [4.69, 9.17) is 53.1 Å². The van der Waals surface area contributed by atoms with Gasteiger partial charge in [-0.25, -0.2) is 24.3 Å². The zero-order valence-corrected chi connectivity index (χ0v) is 32.3. The van der Waals surface area contributed by atoms with Crippen LogP contribution in [0.15, 0.2) is 0 Å². The summed E-state index contributed by atoms with van der Waals surface area (Å²) in [6.07, 6.45) is 5.47. The maximum absolute atomic E-state index is 12.6. The van der Waals surface area contributed by atoms with Gasteiger partial charge < -0.3 is 35.0 Å². The van der Waals surface area contributed by atoms with Crippen LogP contribution in [-0.2, 0) is 57.6 Å². The molecule has 16 atom stereocenters. The number of carboxylic acids is 1. The van der Waals surface area contributed by atoms with Gasteiger partial charge in [0.1, 0.15) is 6.61 Å². The molecule has 8 heterocycles. The number of ether oxygens (including phenoxy) is 6. The summed E-state index contributed by atoms with van der Waals surface area (Å²) in [5.41, 5.74) is -1.19. The maximum atomic E-state index is 12.6. The molecule has 10 fully saturated rings. The van der Waals surface area contributed by atoms with E-state index in [0.29, 0.717) is 30.1 Å². The predicted molar refractivity (Wildman–Crippen MR) is 165 cm³/mol. The minimum atomic E-state index is -1.01. The first-order chi connectivity index (χ1) is 22.8. The molecule has 2 spiro atoms. The summed E-state index contributed by atoms with van der Waals surface area (Å²) in [7, 11) is 1.70. The van der Waals surface area contributed by atoms with Crippen LogP contribution in [0.25, 0.3) is 0 Å². The number of carbonyl (C=O) groups excluding carboxylic acids is 1. The molecule has 10 rings (SSSR count). The van der Waals surface area contributed by atoms with Crippen LogP contribution < -0.4 is 29.6 Å². The van der Waals surface area contributed by atoms with E-state index in [1.807, 2.05) is 20.8 Å². The fourth-order valence-electron chi connectivity index (χ4n) is 10.6. The summed E-state index contributed by atoms with van der Waals surface area (Å²) in [5.74, 6) is -0.914. The number of aliphatic carboxylic acids is 1. The fraction of sp³-hybridized carbons (Fsp3) is 0.943. The Morgan fingerprint density at radius 3 is 1.76 bits per heavy atom. The Morgan fingerprint density at radius 2 is 1.24 bits per heavy atom. The zero-order chi connectivity index (χ0) is 34.2. The molecule has 2 unspecified atom stereocenters. The molecule has 0 aromatic carbocycles. The van der Waals surface area contributed by atoms with E-state index in [2.05, 4.69) is 20.8 Å². The molecule has 0 radical (unpaired) electrons. The van der Waals surface area contributed by atoms with Crippen molar-refractivity contribution in [1.82, 2.24) is 0 Å². The second-order valence-corrected chi connectivity index (χ2v) is 16.1. The molecule has 0 amide bonds. The standard InChI is InChI=1S/C19H28O8.C16H26O5.Na.H/c1-10-4-5-13-11(2)15(16(22)23-9-7-14(20)21)24-17-19(13)12(10)6-8-18(3,25-17)26-27-19;1-9-5-6-12-10(2)13(17-4)18-14-16(12)11(9)7-8-15(3,19-14)20-21-16;;/h10-13,15,17H,4-9H2,1-3H3,(H,20,21);9-14H,5-8H2,1-4H3;;/q;;+1;-1/t10-,11-,12+,13+,15-,17-,18+,19?;9-,10-,11+,12+,13+,14-,15+,16?;;/m11../s1. The minimum absolute atomic E-state index is 0. The summed E-state index contributed by atoms with van der Waals surface area (Å²) >= 11 is 0. The van der Waals surface area contributed by atoms with Crippen molar-refractivity contribution >= 4 is 11.9 Å². The molecule has 10 aliphatic rings. The van der Waals surface area contributed by atoms with Gasteiger partial charge in [-0.05, 0) is 82.0 Å². The van der Waals surface area contributed by atoms with Gasteiger partial charge in [-0.2, -0.15) is 0 Å². The summed E-state index contributed by atoms with van der Waals surface area (Å²) in [6, 6.07) is 0. The van der Waals surface area contributed by atoms with Crippen molar-refractivity contribution in [3.63, 3.8) is 0 Å². The first-order valence-corrected chi connectivity index (χ1v) is 18.1. The molecular formula is C35H55NaO13. The fourth-order valence-corrected chi connectivity index (χ4v) is 10.6. The largest absolute Gasteiger partial charge is 1.00 e. The smallest absolute Gasteiger partial charge is 1.00 e. The van der Waals surface area contributed by atoms with Crippen molar-refractivity contribution in [1.29, 1.82) is 0 Å². The molecular weight excluding hydrogens is 651 g/mol. The molecule has 1 N–H and O–H groups in total. The molecule has 2 saturated carbocycles. The molecule has 14 heteroatoms. The zero-order valence-electron chi connectivity index (χ0n) is 31.3. The van der Waals surface area contributed by atoms with Gasteiger partial charge in [-0.1, -0.05) is 27.7 Å². The Bertz CT molecular complexity index is 1250. The van der Waals surface area contributed by atoms with E-state index in [1.54, 1.807) is 7.11 Å². The van der Waals surface area contributed by atoms with Crippen LogP contribution in [0.4, 0.5) is 0 Å². The number of methoxy groups -OCH3 is 1. The average molecular weight is 707 g/mol. The van der Waals surface area contributed by atoms with Gasteiger partial charge in [0.05, 0.1) is 6.42 Å². The van der Waals surface area contributed by atoms with Crippen LogP contribution in [0.1, 0.15) is 101 Å². The number of rotatable bonds is 5. The van der Waals surface area contributed by atoms with Crippen molar-refractivity contribution in [3.8, 4) is 0 Å². The van der Waals surface area contributed by atoms with Crippen LogP contribution >= 0.6 is 0 Å². The molecule has 49 heavy (non-hydrogen) atoms. The van der Waals surface area contributed by atoms with Gasteiger partial charge in [0.2, 0.25) is 11.6 Å². The molecule has 0 aromatic rings. The Balaban J connectivity index is 0.000000192. The number of hydrogen-bond acceptors (Lipinski definition) is 12. The van der Waals surface area contributed by atoms with Crippen LogP contribution in [0.3, 0.4) is 0 Å². The monoisotopic (exact) mass is 706 g/mol. The van der Waals surface area contributed by atoms with E-state index in [9.17, 15) is 9.59 Å². The third kappa shape index (κ3) is 6.27. The Kier molecular flexibility index (Phi) is 11.0. The van der Waals surface area contributed by atoms with Gasteiger partial charge >= 0.3 is 41.5 Å². The van der Waals surface area contributed by atoms with Crippen molar-refractivity contribution in [2.24, 2.45) is 47.3 Å².